The molecule has 1 aliphatic heterocycles. The van der Waals surface area contributed by atoms with Crippen LogP contribution in [0.4, 0.5) is 10.1 Å². The molecule has 1 saturated heterocycles. The first-order chi connectivity index (χ1) is 13.2. The van der Waals surface area contributed by atoms with E-state index in [4.69, 9.17) is 4.99 Å². The monoisotopic (exact) mass is 389 g/mol. The molecule has 1 fully saturated rings. The molecule has 3 rings (SSSR count). The van der Waals surface area contributed by atoms with Gasteiger partial charge in [0.15, 0.2) is 5.96 Å². The number of thiazole rings is 1. The standard InChI is InChI=1S/C20H28FN5S/c1-3-18-12-23-19(27-18)13-24-20(22-4-2)25-16-8-6-10-26(14-16)17-9-5-7-15(21)11-17/h5,7,9,11-12,16H,3-4,6,8,10,13-14H2,1-2H3,(H2,22,24,25). The van der Waals surface area contributed by atoms with Crippen molar-refractivity contribution in [1.82, 2.24) is 15.6 Å². The number of piperidine rings is 1. The lowest BCUT2D eigenvalue weighted by atomic mass is 10.0. The van der Waals surface area contributed by atoms with Gasteiger partial charge in [-0.25, -0.2) is 14.4 Å². The van der Waals surface area contributed by atoms with Crippen molar-refractivity contribution in [3.63, 3.8) is 0 Å². The second kappa shape index (κ2) is 9.69. The van der Waals surface area contributed by atoms with E-state index in [0.717, 1.165) is 55.6 Å². The Balaban J connectivity index is 1.62. The average molecular weight is 390 g/mol. The molecule has 1 atom stereocenters. The van der Waals surface area contributed by atoms with Gasteiger partial charge in [0.1, 0.15) is 10.8 Å². The molecule has 1 aromatic heterocycles. The van der Waals surface area contributed by atoms with Crippen molar-refractivity contribution in [2.75, 3.05) is 24.5 Å². The largest absolute Gasteiger partial charge is 0.369 e. The molecule has 1 aliphatic rings. The molecular weight excluding hydrogens is 361 g/mol. The highest BCUT2D eigenvalue weighted by Crippen LogP contribution is 2.21. The van der Waals surface area contributed by atoms with E-state index in [-0.39, 0.29) is 11.9 Å². The maximum atomic E-state index is 13.5. The number of benzene rings is 1. The molecule has 5 nitrogen and oxygen atoms in total. The summed E-state index contributed by atoms with van der Waals surface area (Å²) in [6.45, 7) is 7.39. The molecule has 0 spiro atoms. The summed E-state index contributed by atoms with van der Waals surface area (Å²) < 4.78 is 13.5. The Morgan fingerprint density at radius 1 is 1.41 bits per heavy atom. The van der Waals surface area contributed by atoms with Crippen LogP contribution in [0.3, 0.4) is 0 Å². The Bertz CT molecular complexity index is 760. The summed E-state index contributed by atoms with van der Waals surface area (Å²) in [6, 6.07) is 7.11. The van der Waals surface area contributed by atoms with E-state index in [1.54, 1.807) is 23.5 Å². The first-order valence-corrected chi connectivity index (χ1v) is 10.5. The first kappa shape index (κ1) is 19.6. The van der Waals surface area contributed by atoms with Gasteiger partial charge in [0.2, 0.25) is 0 Å². The normalized spacial score (nSPS) is 17.8. The first-order valence-electron chi connectivity index (χ1n) is 9.67. The predicted molar refractivity (Wildman–Crippen MR) is 111 cm³/mol. The van der Waals surface area contributed by atoms with Crippen molar-refractivity contribution >= 4 is 23.0 Å². The van der Waals surface area contributed by atoms with Crippen molar-refractivity contribution in [3.8, 4) is 0 Å². The number of hydrogen-bond acceptors (Lipinski definition) is 4. The molecule has 2 aromatic rings. The number of hydrogen-bond donors (Lipinski definition) is 2. The topological polar surface area (TPSA) is 52.6 Å². The number of nitrogens with one attached hydrogen (secondary N) is 2. The molecule has 1 unspecified atom stereocenters. The highest BCUT2D eigenvalue weighted by atomic mass is 32.1. The van der Waals surface area contributed by atoms with E-state index in [0.29, 0.717) is 6.54 Å². The maximum Gasteiger partial charge on any atom is 0.191 e. The molecule has 2 heterocycles. The summed E-state index contributed by atoms with van der Waals surface area (Å²) in [5, 5.41) is 7.90. The fraction of sp³-hybridized carbons (Fsp3) is 0.500. The van der Waals surface area contributed by atoms with Crippen LogP contribution >= 0.6 is 11.3 Å². The number of nitrogens with zero attached hydrogens (tertiary/aromatic N) is 3. The number of aliphatic imine (C=N–C) groups is 1. The van der Waals surface area contributed by atoms with Crippen molar-refractivity contribution in [3.05, 3.63) is 46.2 Å². The van der Waals surface area contributed by atoms with Crippen LogP contribution in [0.5, 0.6) is 0 Å². The van der Waals surface area contributed by atoms with Gasteiger partial charge in [-0.1, -0.05) is 13.0 Å². The van der Waals surface area contributed by atoms with Crippen molar-refractivity contribution in [1.29, 1.82) is 0 Å². The quantitative estimate of drug-likeness (QED) is 0.586. The van der Waals surface area contributed by atoms with Gasteiger partial charge in [0, 0.05) is 42.4 Å². The van der Waals surface area contributed by atoms with Crippen LogP contribution in [0, 0.1) is 5.82 Å². The minimum atomic E-state index is -0.188. The van der Waals surface area contributed by atoms with Crippen LogP contribution in [0.1, 0.15) is 36.6 Å². The van der Waals surface area contributed by atoms with E-state index < -0.39 is 0 Å². The molecule has 0 saturated carbocycles. The molecule has 27 heavy (non-hydrogen) atoms. The Labute approximate surface area is 164 Å². The van der Waals surface area contributed by atoms with Crippen LogP contribution in [-0.4, -0.2) is 36.6 Å². The Hall–Kier alpha value is -2.15. The van der Waals surface area contributed by atoms with Gasteiger partial charge in [0.05, 0.1) is 6.54 Å². The zero-order valence-corrected chi connectivity index (χ0v) is 16.9. The minimum absolute atomic E-state index is 0.188. The van der Waals surface area contributed by atoms with E-state index in [1.165, 1.54) is 10.9 Å². The third kappa shape index (κ3) is 5.66. The molecule has 0 amide bonds. The van der Waals surface area contributed by atoms with Gasteiger partial charge in [-0.05, 0) is 44.4 Å². The third-order valence-electron chi connectivity index (χ3n) is 4.60. The Kier molecular flexibility index (Phi) is 7.04. The van der Waals surface area contributed by atoms with Gasteiger partial charge in [-0.3, -0.25) is 0 Å². The summed E-state index contributed by atoms with van der Waals surface area (Å²) in [4.78, 5) is 12.7. The fourth-order valence-electron chi connectivity index (χ4n) is 3.25. The highest BCUT2D eigenvalue weighted by Gasteiger charge is 2.21. The Morgan fingerprint density at radius 2 is 2.30 bits per heavy atom. The number of halogens is 1. The van der Waals surface area contributed by atoms with Gasteiger partial charge >= 0.3 is 0 Å². The molecule has 7 heteroatoms. The minimum Gasteiger partial charge on any atom is -0.369 e. The lowest BCUT2D eigenvalue weighted by Gasteiger charge is -2.35. The smallest absolute Gasteiger partial charge is 0.191 e. The van der Waals surface area contributed by atoms with Gasteiger partial charge in [-0.15, -0.1) is 11.3 Å². The number of aromatic nitrogens is 1. The predicted octanol–water partition coefficient (Wildman–Crippen LogP) is 3.57. The zero-order valence-electron chi connectivity index (χ0n) is 16.0. The van der Waals surface area contributed by atoms with Crippen LogP contribution < -0.4 is 15.5 Å². The van der Waals surface area contributed by atoms with Crippen LogP contribution in [0.2, 0.25) is 0 Å². The highest BCUT2D eigenvalue weighted by molar-refractivity contribution is 7.11. The summed E-state index contributed by atoms with van der Waals surface area (Å²) in [7, 11) is 0. The van der Waals surface area contributed by atoms with Crippen LogP contribution in [-0.2, 0) is 13.0 Å². The van der Waals surface area contributed by atoms with Gasteiger partial charge in [-0.2, -0.15) is 0 Å². The number of rotatable bonds is 6. The van der Waals surface area contributed by atoms with Crippen LogP contribution in [0.25, 0.3) is 0 Å². The maximum absolute atomic E-state index is 13.5. The van der Waals surface area contributed by atoms with E-state index in [2.05, 4.69) is 34.4 Å². The SMILES string of the molecule is CCNC(=NCc1ncc(CC)s1)NC1CCCN(c2cccc(F)c2)C1. The number of guanidine groups is 1. The van der Waals surface area contributed by atoms with Gasteiger partial charge in [0.25, 0.3) is 0 Å². The van der Waals surface area contributed by atoms with Gasteiger partial charge < -0.3 is 15.5 Å². The molecule has 0 aliphatic carbocycles. The lowest BCUT2D eigenvalue weighted by Crippen LogP contribution is -2.51. The lowest BCUT2D eigenvalue weighted by molar-refractivity contribution is 0.467. The van der Waals surface area contributed by atoms with Crippen LogP contribution in [0.15, 0.2) is 35.5 Å². The second-order valence-corrected chi connectivity index (χ2v) is 7.88. The number of aryl methyl sites for hydroxylation is 1. The Morgan fingerprint density at radius 3 is 3.04 bits per heavy atom. The van der Waals surface area contributed by atoms with Crippen molar-refractivity contribution in [2.45, 2.75) is 45.7 Å². The molecule has 2 N–H and O–H groups in total. The van der Waals surface area contributed by atoms with Crippen molar-refractivity contribution in [2.24, 2.45) is 4.99 Å². The van der Waals surface area contributed by atoms with Crippen molar-refractivity contribution < 1.29 is 4.39 Å². The average Bonchev–Trinajstić information content (AvgIpc) is 3.15. The molecule has 1 aromatic carbocycles. The second-order valence-electron chi connectivity index (χ2n) is 6.68. The zero-order chi connectivity index (χ0) is 19.1. The number of anilines is 1. The summed E-state index contributed by atoms with van der Waals surface area (Å²) in [5.74, 6) is 0.629. The molecule has 0 radical (unpaired) electrons. The molecule has 0 bridgehead atoms. The summed E-state index contributed by atoms with van der Waals surface area (Å²) in [6.07, 6.45) is 5.10. The van der Waals surface area contributed by atoms with E-state index in [1.807, 2.05) is 12.3 Å². The fourth-order valence-corrected chi connectivity index (χ4v) is 4.03. The van der Waals surface area contributed by atoms with E-state index in [9.17, 15) is 4.39 Å². The summed E-state index contributed by atoms with van der Waals surface area (Å²) in [5.41, 5.74) is 0.943. The molecule has 146 valence electrons. The summed E-state index contributed by atoms with van der Waals surface area (Å²) >= 11 is 1.72. The van der Waals surface area contributed by atoms with E-state index >= 15 is 0 Å². The molecular formula is C20H28FN5S. The third-order valence-corrected chi connectivity index (χ3v) is 5.73.